The molecule has 0 radical (unpaired) electrons. The van der Waals surface area contributed by atoms with Gasteiger partial charge in [-0.2, -0.15) is 0 Å². The first-order chi connectivity index (χ1) is 17.6. The Bertz CT molecular complexity index is 1120. The van der Waals surface area contributed by atoms with Crippen molar-refractivity contribution in [3.05, 3.63) is 59.3 Å². The molecule has 200 valence electrons. The third kappa shape index (κ3) is 5.91. The summed E-state index contributed by atoms with van der Waals surface area (Å²) in [6, 6.07) is 4.39. The van der Waals surface area contributed by atoms with E-state index in [4.69, 9.17) is 5.73 Å². The van der Waals surface area contributed by atoms with E-state index < -0.39 is 11.5 Å². The first-order valence-corrected chi connectivity index (χ1v) is 13.3. The smallest absolute Gasteiger partial charge is 0.263 e. The van der Waals surface area contributed by atoms with Crippen LogP contribution in [-0.4, -0.2) is 56.8 Å². The SMILES string of the molecule is C=C(N)C1=C(/C=C\C)C(=O)N(C2CCC(O)(CCc3ccc(O)c(O)c3)C(CCNCC3CC3)C2)C1=O. The Morgan fingerprint density at radius 3 is 2.62 bits per heavy atom. The first-order valence-electron chi connectivity index (χ1n) is 13.3. The summed E-state index contributed by atoms with van der Waals surface area (Å²) in [5.74, 6) is -0.496. The number of aliphatic hydroxyl groups is 1. The third-order valence-electron chi connectivity index (χ3n) is 8.08. The van der Waals surface area contributed by atoms with Gasteiger partial charge in [-0.25, -0.2) is 0 Å². The normalized spacial score (nSPS) is 26.5. The molecule has 2 fully saturated rings. The molecule has 37 heavy (non-hydrogen) atoms. The average Bonchev–Trinajstić information content (AvgIpc) is 3.64. The molecule has 4 rings (SSSR count). The molecule has 3 atom stereocenters. The number of carbonyl (C=O) groups excluding carboxylic acids is 2. The Labute approximate surface area is 218 Å². The van der Waals surface area contributed by atoms with Crippen LogP contribution in [0.2, 0.25) is 0 Å². The van der Waals surface area contributed by atoms with Gasteiger partial charge < -0.3 is 26.4 Å². The number of allylic oxidation sites excluding steroid dienone is 1. The van der Waals surface area contributed by atoms with E-state index in [1.165, 1.54) is 29.9 Å². The fraction of sp³-hybridized carbons (Fsp3) is 0.517. The molecule has 0 saturated heterocycles. The summed E-state index contributed by atoms with van der Waals surface area (Å²) < 4.78 is 0. The van der Waals surface area contributed by atoms with Crippen molar-refractivity contribution in [2.45, 2.75) is 69.9 Å². The van der Waals surface area contributed by atoms with E-state index in [0.29, 0.717) is 32.1 Å². The van der Waals surface area contributed by atoms with Crippen LogP contribution in [0.3, 0.4) is 0 Å². The minimum absolute atomic E-state index is 0.0826. The maximum absolute atomic E-state index is 13.3. The maximum Gasteiger partial charge on any atom is 0.263 e. The Balaban J connectivity index is 1.49. The lowest BCUT2D eigenvalue weighted by molar-refractivity contribution is -0.145. The molecule has 6 N–H and O–H groups in total. The van der Waals surface area contributed by atoms with Gasteiger partial charge in [0, 0.05) is 11.7 Å². The van der Waals surface area contributed by atoms with Crippen LogP contribution in [0.1, 0.15) is 57.4 Å². The number of carbonyl (C=O) groups is 2. The van der Waals surface area contributed by atoms with Crippen LogP contribution >= 0.6 is 0 Å². The summed E-state index contributed by atoms with van der Waals surface area (Å²) >= 11 is 0. The molecule has 1 aliphatic heterocycles. The number of aryl methyl sites for hydroxylation is 1. The summed E-state index contributed by atoms with van der Waals surface area (Å²) in [4.78, 5) is 27.9. The standard InChI is InChI=1S/C29H39N3O5/c1-3-4-23-26(18(2)30)28(36)32(27(23)35)22-10-13-29(37,12-9-19-7-8-24(33)25(34)15-19)21(16-22)11-14-31-17-20-5-6-20/h3-4,7-8,15,20-22,31,33-34,37H,2,5-6,9-14,16-17,30H2,1H3/b4-3-. The van der Waals surface area contributed by atoms with Crippen molar-refractivity contribution in [2.24, 2.45) is 17.6 Å². The second-order valence-electron chi connectivity index (χ2n) is 10.8. The quantitative estimate of drug-likeness (QED) is 0.176. The number of nitrogens with zero attached hydrogens (tertiary/aromatic N) is 1. The number of imide groups is 1. The molecule has 1 aromatic carbocycles. The summed E-state index contributed by atoms with van der Waals surface area (Å²) in [6.45, 7) is 7.22. The molecular formula is C29H39N3O5. The van der Waals surface area contributed by atoms with E-state index in [1.54, 1.807) is 25.1 Å². The number of nitrogens with one attached hydrogen (secondary N) is 1. The predicted octanol–water partition coefficient (Wildman–Crippen LogP) is 3.03. The Morgan fingerprint density at radius 2 is 1.97 bits per heavy atom. The molecule has 8 nitrogen and oxygen atoms in total. The fourth-order valence-electron chi connectivity index (χ4n) is 5.75. The van der Waals surface area contributed by atoms with Gasteiger partial charge in [0.15, 0.2) is 11.5 Å². The molecule has 3 unspecified atom stereocenters. The monoisotopic (exact) mass is 509 g/mol. The number of nitrogens with two attached hydrogens (primary N) is 1. The molecule has 0 aromatic heterocycles. The van der Waals surface area contributed by atoms with Crippen molar-refractivity contribution in [1.29, 1.82) is 0 Å². The highest BCUT2D eigenvalue weighted by molar-refractivity contribution is 6.22. The van der Waals surface area contributed by atoms with E-state index in [-0.39, 0.29) is 46.2 Å². The van der Waals surface area contributed by atoms with Gasteiger partial charge in [-0.05, 0) is 101 Å². The second-order valence-corrected chi connectivity index (χ2v) is 10.8. The van der Waals surface area contributed by atoms with E-state index >= 15 is 0 Å². The molecule has 1 heterocycles. The zero-order chi connectivity index (χ0) is 26.7. The molecule has 3 aliphatic rings. The van der Waals surface area contributed by atoms with E-state index in [2.05, 4.69) is 11.9 Å². The van der Waals surface area contributed by atoms with Crippen LogP contribution in [0.4, 0.5) is 0 Å². The number of hydrogen-bond acceptors (Lipinski definition) is 7. The highest BCUT2D eigenvalue weighted by atomic mass is 16.3. The zero-order valence-electron chi connectivity index (χ0n) is 21.6. The van der Waals surface area contributed by atoms with Gasteiger partial charge in [0.05, 0.1) is 16.7 Å². The molecule has 0 bridgehead atoms. The lowest BCUT2D eigenvalue weighted by Crippen LogP contribution is -2.52. The zero-order valence-corrected chi connectivity index (χ0v) is 21.6. The topological polar surface area (TPSA) is 136 Å². The van der Waals surface area contributed by atoms with Gasteiger partial charge in [0.2, 0.25) is 0 Å². The minimum atomic E-state index is -0.975. The van der Waals surface area contributed by atoms with Crippen molar-refractivity contribution < 1.29 is 24.9 Å². The number of benzene rings is 1. The van der Waals surface area contributed by atoms with Gasteiger partial charge in [-0.15, -0.1) is 0 Å². The Hall–Kier alpha value is -3.10. The van der Waals surface area contributed by atoms with Crippen LogP contribution < -0.4 is 11.1 Å². The third-order valence-corrected chi connectivity index (χ3v) is 8.08. The Kier molecular flexibility index (Phi) is 8.09. The van der Waals surface area contributed by atoms with Crippen molar-refractivity contribution in [3.8, 4) is 11.5 Å². The van der Waals surface area contributed by atoms with Gasteiger partial charge in [0.25, 0.3) is 11.8 Å². The lowest BCUT2D eigenvalue weighted by atomic mass is 9.69. The number of phenolic OH excluding ortho intramolecular Hbond substituents is 2. The highest BCUT2D eigenvalue weighted by Crippen LogP contribution is 2.43. The minimum Gasteiger partial charge on any atom is -0.504 e. The fourth-order valence-corrected chi connectivity index (χ4v) is 5.75. The highest BCUT2D eigenvalue weighted by Gasteiger charge is 2.48. The first kappa shape index (κ1) is 26.9. The average molecular weight is 510 g/mol. The van der Waals surface area contributed by atoms with Gasteiger partial charge in [-0.1, -0.05) is 24.8 Å². The predicted molar refractivity (Wildman–Crippen MR) is 141 cm³/mol. The summed E-state index contributed by atoms with van der Waals surface area (Å²) in [5.41, 5.74) is 6.26. The summed E-state index contributed by atoms with van der Waals surface area (Å²) in [6.07, 6.45) is 9.03. The van der Waals surface area contributed by atoms with Crippen molar-refractivity contribution in [1.82, 2.24) is 10.2 Å². The lowest BCUT2D eigenvalue weighted by Gasteiger charge is -2.45. The molecular weight excluding hydrogens is 470 g/mol. The maximum atomic E-state index is 13.3. The number of aromatic hydroxyl groups is 2. The number of amides is 2. The van der Waals surface area contributed by atoms with Gasteiger partial charge in [-0.3, -0.25) is 14.5 Å². The molecule has 2 aliphatic carbocycles. The van der Waals surface area contributed by atoms with Crippen molar-refractivity contribution >= 4 is 11.8 Å². The molecule has 1 aromatic rings. The van der Waals surface area contributed by atoms with Gasteiger partial charge >= 0.3 is 0 Å². The van der Waals surface area contributed by atoms with Crippen LogP contribution in [0.5, 0.6) is 11.5 Å². The summed E-state index contributed by atoms with van der Waals surface area (Å²) in [7, 11) is 0. The summed E-state index contributed by atoms with van der Waals surface area (Å²) in [5, 5.41) is 34.8. The van der Waals surface area contributed by atoms with Crippen LogP contribution in [0.15, 0.2) is 53.8 Å². The van der Waals surface area contributed by atoms with Crippen LogP contribution in [0, 0.1) is 11.8 Å². The number of phenols is 2. The van der Waals surface area contributed by atoms with Gasteiger partial charge in [0.1, 0.15) is 0 Å². The van der Waals surface area contributed by atoms with Crippen LogP contribution in [0.25, 0.3) is 0 Å². The van der Waals surface area contributed by atoms with Crippen molar-refractivity contribution in [2.75, 3.05) is 13.1 Å². The molecule has 8 heteroatoms. The molecule has 2 amide bonds. The number of hydrogen-bond donors (Lipinski definition) is 5. The molecule has 2 saturated carbocycles. The van der Waals surface area contributed by atoms with E-state index in [9.17, 15) is 24.9 Å². The Morgan fingerprint density at radius 1 is 1.22 bits per heavy atom. The van der Waals surface area contributed by atoms with E-state index in [1.807, 2.05) is 0 Å². The van der Waals surface area contributed by atoms with Crippen LogP contribution in [-0.2, 0) is 16.0 Å². The van der Waals surface area contributed by atoms with Crippen molar-refractivity contribution in [3.63, 3.8) is 0 Å². The number of rotatable bonds is 11. The second kappa shape index (κ2) is 11.1. The van der Waals surface area contributed by atoms with E-state index in [0.717, 1.165) is 31.0 Å². The molecule has 0 spiro atoms. The largest absolute Gasteiger partial charge is 0.504 e.